The van der Waals surface area contributed by atoms with Crippen molar-refractivity contribution in [1.29, 1.82) is 5.26 Å². The molecule has 0 bridgehead atoms. The minimum atomic E-state index is -1.05. The molecular formula is C24H28N4O3. The van der Waals surface area contributed by atoms with Crippen molar-refractivity contribution < 1.29 is 14.7 Å². The highest BCUT2D eigenvalue weighted by Gasteiger charge is 2.27. The van der Waals surface area contributed by atoms with Gasteiger partial charge in [-0.3, -0.25) is 4.79 Å². The Balaban J connectivity index is 1.63. The highest BCUT2D eigenvalue weighted by molar-refractivity contribution is 5.92. The predicted octanol–water partition coefficient (Wildman–Crippen LogP) is 3.45. The minimum Gasteiger partial charge on any atom is -0.478 e. The van der Waals surface area contributed by atoms with Crippen molar-refractivity contribution in [3.8, 4) is 6.07 Å². The van der Waals surface area contributed by atoms with E-state index in [2.05, 4.69) is 21.3 Å². The van der Waals surface area contributed by atoms with Crippen molar-refractivity contribution >= 4 is 17.7 Å². The smallest absolute Gasteiger partial charge is 0.337 e. The van der Waals surface area contributed by atoms with Gasteiger partial charge < -0.3 is 15.3 Å². The largest absolute Gasteiger partial charge is 0.478 e. The number of hydrogen-bond acceptors (Lipinski definition) is 5. The molecule has 162 valence electrons. The fourth-order valence-electron chi connectivity index (χ4n) is 4.21. The van der Waals surface area contributed by atoms with E-state index in [0.717, 1.165) is 18.4 Å². The van der Waals surface area contributed by atoms with E-state index >= 15 is 0 Å². The lowest BCUT2D eigenvalue weighted by molar-refractivity contribution is -0.122. The average Bonchev–Trinajstić information content (AvgIpc) is 2.77. The van der Waals surface area contributed by atoms with E-state index in [9.17, 15) is 20.0 Å². The first kappa shape index (κ1) is 22.3. The monoisotopic (exact) mass is 420 g/mol. The molecule has 0 spiro atoms. The number of rotatable bonds is 7. The third kappa shape index (κ3) is 5.21. The molecule has 1 saturated heterocycles. The highest BCUT2D eigenvalue weighted by atomic mass is 16.4. The maximum absolute atomic E-state index is 12.3. The Morgan fingerprint density at radius 1 is 1.26 bits per heavy atom. The van der Waals surface area contributed by atoms with Gasteiger partial charge in [-0.05, 0) is 43.2 Å². The van der Waals surface area contributed by atoms with Crippen LogP contribution in [-0.4, -0.2) is 35.1 Å². The van der Waals surface area contributed by atoms with E-state index in [0.29, 0.717) is 55.1 Å². The summed E-state index contributed by atoms with van der Waals surface area (Å²) >= 11 is 0. The summed E-state index contributed by atoms with van der Waals surface area (Å²) in [6, 6.07) is 12.0. The van der Waals surface area contributed by atoms with Crippen molar-refractivity contribution in [2.45, 2.75) is 46.1 Å². The van der Waals surface area contributed by atoms with Crippen LogP contribution in [-0.2, 0) is 17.8 Å². The van der Waals surface area contributed by atoms with Crippen LogP contribution in [0.2, 0.25) is 0 Å². The van der Waals surface area contributed by atoms with Crippen molar-refractivity contribution in [3.63, 3.8) is 0 Å². The van der Waals surface area contributed by atoms with Crippen molar-refractivity contribution in [2.75, 3.05) is 18.0 Å². The fourth-order valence-corrected chi connectivity index (χ4v) is 4.21. The van der Waals surface area contributed by atoms with Gasteiger partial charge in [0.05, 0.1) is 16.8 Å². The number of amides is 1. The van der Waals surface area contributed by atoms with Crippen LogP contribution >= 0.6 is 0 Å². The number of carboxylic acid groups (broad SMARTS) is 1. The highest BCUT2D eigenvalue weighted by Crippen LogP contribution is 2.30. The van der Waals surface area contributed by atoms with Crippen molar-refractivity contribution in [2.24, 2.45) is 5.92 Å². The number of piperidine rings is 1. The van der Waals surface area contributed by atoms with Gasteiger partial charge in [-0.2, -0.15) is 5.26 Å². The number of nitrogens with zero attached hydrogens (tertiary/aromatic N) is 3. The van der Waals surface area contributed by atoms with E-state index in [-0.39, 0.29) is 17.4 Å². The molecule has 7 heteroatoms. The van der Waals surface area contributed by atoms with Crippen molar-refractivity contribution in [3.05, 3.63) is 58.3 Å². The molecule has 2 N–H and O–H groups in total. The summed E-state index contributed by atoms with van der Waals surface area (Å²) in [4.78, 5) is 30.5. The second-order valence-electron chi connectivity index (χ2n) is 7.92. The van der Waals surface area contributed by atoms with Gasteiger partial charge in [0.1, 0.15) is 11.9 Å². The van der Waals surface area contributed by atoms with Gasteiger partial charge in [-0.15, -0.1) is 0 Å². The number of benzene rings is 1. The lowest BCUT2D eigenvalue weighted by Crippen LogP contribution is -2.37. The lowest BCUT2D eigenvalue weighted by Gasteiger charge is -2.33. The first-order valence-corrected chi connectivity index (χ1v) is 10.7. The zero-order chi connectivity index (χ0) is 22.4. The Kier molecular flexibility index (Phi) is 7.24. The zero-order valence-electron chi connectivity index (χ0n) is 18.0. The Hall–Kier alpha value is -3.40. The molecule has 1 fully saturated rings. The summed E-state index contributed by atoms with van der Waals surface area (Å²) < 4.78 is 0. The van der Waals surface area contributed by atoms with Crippen LogP contribution in [0, 0.1) is 24.2 Å². The van der Waals surface area contributed by atoms with E-state index in [4.69, 9.17) is 0 Å². The molecule has 1 aliphatic heterocycles. The molecule has 3 rings (SSSR count). The number of carboxylic acids is 1. The fraction of sp³-hybridized carbons (Fsp3) is 0.417. The maximum Gasteiger partial charge on any atom is 0.337 e. The number of pyridine rings is 1. The van der Waals surface area contributed by atoms with Crippen LogP contribution in [0.25, 0.3) is 0 Å². The van der Waals surface area contributed by atoms with Crippen LogP contribution < -0.4 is 10.2 Å². The number of hydrogen-bond donors (Lipinski definition) is 2. The summed E-state index contributed by atoms with van der Waals surface area (Å²) in [5.74, 6) is -0.158. The summed E-state index contributed by atoms with van der Waals surface area (Å²) in [5, 5.41) is 22.2. The molecular weight excluding hydrogens is 392 g/mol. The maximum atomic E-state index is 12.3. The molecule has 1 amide bonds. The number of aromatic carboxylic acids is 1. The molecule has 1 aromatic heterocycles. The van der Waals surface area contributed by atoms with Gasteiger partial charge in [0.2, 0.25) is 5.91 Å². The average molecular weight is 421 g/mol. The first-order valence-electron chi connectivity index (χ1n) is 10.7. The van der Waals surface area contributed by atoms with E-state index in [1.54, 1.807) is 6.92 Å². The van der Waals surface area contributed by atoms with Crippen LogP contribution in [0.15, 0.2) is 30.3 Å². The van der Waals surface area contributed by atoms with Gasteiger partial charge in [0.25, 0.3) is 0 Å². The molecule has 0 unspecified atom stereocenters. The summed E-state index contributed by atoms with van der Waals surface area (Å²) in [7, 11) is 0. The third-order valence-electron chi connectivity index (χ3n) is 5.86. The third-order valence-corrected chi connectivity index (χ3v) is 5.86. The molecule has 1 aliphatic rings. The molecule has 7 nitrogen and oxygen atoms in total. The van der Waals surface area contributed by atoms with Gasteiger partial charge in [0.15, 0.2) is 0 Å². The predicted molar refractivity (Wildman–Crippen MR) is 118 cm³/mol. The molecule has 2 aromatic rings. The molecule has 31 heavy (non-hydrogen) atoms. The second kappa shape index (κ2) is 10.1. The minimum absolute atomic E-state index is 0.0491. The van der Waals surface area contributed by atoms with Gasteiger partial charge in [-0.1, -0.05) is 37.3 Å². The van der Waals surface area contributed by atoms with Crippen LogP contribution in [0.4, 0.5) is 5.82 Å². The Morgan fingerprint density at radius 3 is 2.52 bits per heavy atom. The zero-order valence-corrected chi connectivity index (χ0v) is 18.0. The van der Waals surface area contributed by atoms with Gasteiger partial charge in [0, 0.05) is 26.1 Å². The van der Waals surface area contributed by atoms with E-state index in [1.165, 1.54) is 0 Å². The van der Waals surface area contributed by atoms with Crippen LogP contribution in [0.1, 0.15) is 58.9 Å². The Bertz CT molecular complexity index is 990. The molecule has 2 heterocycles. The van der Waals surface area contributed by atoms with Gasteiger partial charge in [-0.25, -0.2) is 9.78 Å². The Labute approximate surface area is 182 Å². The molecule has 0 radical (unpaired) electrons. The first-order chi connectivity index (χ1) is 14.9. The van der Waals surface area contributed by atoms with E-state index in [1.807, 2.05) is 37.3 Å². The number of nitrogens with one attached hydrogen (secondary N) is 1. The summed E-state index contributed by atoms with van der Waals surface area (Å²) in [5.41, 5.74) is 2.53. The quantitative estimate of drug-likeness (QED) is 0.711. The summed E-state index contributed by atoms with van der Waals surface area (Å²) in [6.07, 6.45) is 2.59. The second-order valence-corrected chi connectivity index (χ2v) is 7.92. The molecule has 0 saturated carbocycles. The van der Waals surface area contributed by atoms with Gasteiger partial charge >= 0.3 is 5.97 Å². The Morgan fingerprint density at radius 2 is 1.94 bits per heavy atom. The summed E-state index contributed by atoms with van der Waals surface area (Å²) in [6.45, 7) is 5.44. The normalized spacial score (nSPS) is 14.2. The number of aromatic nitrogens is 1. The lowest BCUT2D eigenvalue weighted by atomic mass is 9.92. The SMILES string of the molecule is CCc1c(C#N)c(N2CCC(CC(=O)NCc3ccccc3)CC2)nc(C)c1C(=O)O. The van der Waals surface area contributed by atoms with Crippen LogP contribution in [0.5, 0.6) is 0 Å². The number of carbonyl (C=O) groups excluding carboxylic acids is 1. The number of anilines is 1. The standard InChI is InChI=1S/C24H28N4O3/c1-3-19-20(14-25)23(27-16(2)22(19)24(30)31)28-11-9-17(10-12-28)13-21(29)26-15-18-7-5-4-6-8-18/h4-8,17H,3,9-13,15H2,1-2H3,(H,26,29)(H,30,31). The number of nitriles is 1. The molecule has 0 aliphatic carbocycles. The van der Waals surface area contributed by atoms with Crippen LogP contribution in [0.3, 0.4) is 0 Å². The molecule has 0 atom stereocenters. The molecule has 1 aromatic carbocycles. The van der Waals surface area contributed by atoms with E-state index < -0.39 is 5.97 Å². The number of aryl methyl sites for hydroxylation is 1. The van der Waals surface area contributed by atoms with Crippen molar-refractivity contribution in [1.82, 2.24) is 10.3 Å². The number of carbonyl (C=O) groups is 2. The topological polar surface area (TPSA) is 106 Å².